The third-order valence-electron chi connectivity index (χ3n) is 2.75. The minimum Gasteiger partial charge on any atom is -0.443 e. The second-order valence-corrected chi connectivity index (χ2v) is 4.19. The zero-order valence-corrected chi connectivity index (χ0v) is 10.4. The minimum absolute atomic E-state index is 0.845. The minimum atomic E-state index is 0.845. The van der Waals surface area contributed by atoms with Gasteiger partial charge in [-0.25, -0.2) is 4.98 Å². The van der Waals surface area contributed by atoms with Gasteiger partial charge in [0.25, 0.3) is 0 Å². The van der Waals surface area contributed by atoms with E-state index < -0.39 is 0 Å². The number of aryl methyl sites for hydroxylation is 1. The maximum atomic E-state index is 5.09. The summed E-state index contributed by atoms with van der Waals surface area (Å²) >= 11 is 0. The second kappa shape index (κ2) is 4.94. The first kappa shape index (κ1) is 11.5. The van der Waals surface area contributed by atoms with Crippen LogP contribution in [0, 0.1) is 6.92 Å². The third kappa shape index (κ3) is 2.47. The molecule has 0 saturated carbocycles. The van der Waals surface area contributed by atoms with Gasteiger partial charge in [-0.05, 0) is 36.8 Å². The van der Waals surface area contributed by atoms with Crippen LogP contribution >= 0.6 is 0 Å². The Morgan fingerprint density at radius 3 is 2.79 bits per heavy atom. The molecule has 0 saturated heterocycles. The summed E-state index contributed by atoms with van der Waals surface area (Å²) in [5.41, 5.74) is 3.83. The topological polar surface area (TPSA) is 52.1 Å². The summed E-state index contributed by atoms with van der Waals surface area (Å²) in [5.74, 6) is 0. The number of hydrogen-bond acceptors (Lipinski definition) is 4. The van der Waals surface area contributed by atoms with E-state index >= 15 is 0 Å². The average Bonchev–Trinajstić information content (AvgIpc) is 3.07. The molecule has 4 nitrogen and oxygen atoms in total. The van der Waals surface area contributed by atoms with Gasteiger partial charge in [0, 0.05) is 5.39 Å². The van der Waals surface area contributed by atoms with Crippen molar-refractivity contribution in [3.05, 3.63) is 60.6 Å². The maximum Gasteiger partial charge on any atom is 0.181 e. The molecule has 94 valence electrons. The Morgan fingerprint density at radius 1 is 1.00 bits per heavy atom. The molecular formula is C15H12N2O2. The molecule has 0 aliphatic heterocycles. The summed E-state index contributed by atoms with van der Waals surface area (Å²) in [6, 6.07) is 13.7. The van der Waals surface area contributed by atoms with E-state index in [0.717, 1.165) is 22.1 Å². The van der Waals surface area contributed by atoms with Crippen LogP contribution in [0.1, 0.15) is 5.56 Å². The van der Waals surface area contributed by atoms with Gasteiger partial charge >= 0.3 is 0 Å². The Hall–Kier alpha value is -2.62. The molecule has 0 amide bonds. The number of benzene rings is 2. The molecule has 19 heavy (non-hydrogen) atoms. The molecule has 0 unspecified atom stereocenters. The SMILES string of the molecule is Cc1ccc2ncoc2c1.c1ccc2oncc2c1. The van der Waals surface area contributed by atoms with E-state index in [1.807, 2.05) is 49.4 Å². The summed E-state index contributed by atoms with van der Waals surface area (Å²) in [4.78, 5) is 3.99. The van der Waals surface area contributed by atoms with Crippen molar-refractivity contribution >= 4 is 22.1 Å². The predicted molar refractivity (Wildman–Crippen MR) is 72.8 cm³/mol. The van der Waals surface area contributed by atoms with Crippen LogP contribution in [0.4, 0.5) is 0 Å². The van der Waals surface area contributed by atoms with Crippen LogP contribution < -0.4 is 0 Å². The first-order valence-electron chi connectivity index (χ1n) is 5.92. The van der Waals surface area contributed by atoms with Gasteiger partial charge in [-0.3, -0.25) is 0 Å². The fraction of sp³-hybridized carbons (Fsp3) is 0.0667. The summed E-state index contributed by atoms with van der Waals surface area (Å²) in [6.07, 6.45) is 3.17. The number of hydrogen-bond donors (Lipinski definition) is 0. The highest BCUT2D eigenvalue weighted by Gasteiger charge is 1.95. The first-order valence-corrected chi connectivity index (χ1v) is 5.92. The lowest BCUT2D eigenvalue weighted by Gasteiger charge is -1.87. The van der Waals surface area contributed by atoms with Gasteiger partial charge in [0.05, 0.1) is 6.20 Å². The average molecular weight is 252 g/mol. The molecule has 0 fully saturated rings. The predicted octanol–water partition coefficient (Wildman–Crippen LogP) is 3.96. The fourth-order valence-electron chi connectivity index (χ4n) is 1.77. The molecular weight excluding hydrogens is 240 g/mol. The smallest absolute Gasteiger partial charge is 0.181 e. The monoisotopic (exact) mass is 252 g/mol. The van der Waals surface area contributed by atoms with Crippen molar-refractivity contribution < 1.29 is 8.94 Å². The molecule has 0 bridgehead atoms. The molecule has 4 heteroatoms. The van der Waals surface area contributed by atoms with E-state index in [9.17, 15) is 0 Å². The van der Waals surface area contributed by atoms with Crippen LogP contribution in [0.2, 0.25) is 0 Å². The van der Waals surface area contributed by atoms with Crippen molar-refractivity contribution in [2.24, 2.45) is 0 Å². The molecule has 2 aromatic heterocycles. The van der Waals surface area contributed by atoms with Gasteiger partial charge in [-0.2, -0.15) is 0 Å². The van der Waals surface area contributed by atoms with Crippen LogP contribution in [-0.2, 0) is 0 Å². The zero-order chi connectivity index (χ0) is 13.1. The van der Waals surface area contributed by atoms with Gasteiger partial charge in [0.2, 0.25) is 0 Å². The number of rotatable bonds is 0. The maximum absolute atomic E-state index is 5.09. The van der Waals surface area contributed by atoms with E-state index in [2.05, 4.69) is 10.1 Å². The normalized spacial score (nSPS) is 10.4. The number of fused-ring (bicyclic) bond motifs is 2. The van der Waals surface area contributed by atoms with Crippen LogP contribution in [-0.4, -0.2) is 10.1 Å². The molecule has 0 N–H and O–H groups in total. The van der Waals surface area contributed by atoms with E-state index in [0.29, 0.717) is 0 Å². The Morgan fingerprint density at radius 2 is 1.89 bits per heavy atom. The molecule has 4 rings (SSSR count). The summed E-state index contributed by atoms with van der Waals surface area (Å²) in [6.45, 7) is 2.03. The molecule has 0 spiro atoms. The number of oxazole rings is 1. The van der Waals surface area contributed by atoms with Gasteiger partial charge in [-0.1, -0.05) is 23.4 Å². The summed E-state index contributed by atoms with van der Waals surface area (Å²) < 4.78 is 9.96. The van der Waals surface area contributed by atoms with E-state index in [4.69, 9.17) is 8.94 Å². The molecule has 0 aliphatic rings. The number of aromatic nitrogens is 2. The third-order valence-corrected chi connectivity index (χ3v) is 2.75. The van der Waals surface area contributed by atoms with E-state index in [-0.39, 0.29) is 0 Å². The quantitative estimate of drug-likeness (QED) is 0.475. The second-order valence-electron chi connectivity index (χ2n) is 4.19. The standard InChI is InChI=1S/C8H7NO.C7H5NO/c1-6-2-3-7-8(4-6)10-5-9-7;1-2-4-7-6(3-1)5-8-9-7/h2-5H,1H3;1-5H. The lowest BCUT2D eigenvalue weighted by molar-refractivity contribution is 0.456. The Kier molecular flexibility index (Phi) is 2.98. The Labute approximate surface area is 109 Å². The zero-order valence-electron chi connectivity index (χ0n) is 10.4. The molecule has 0 atom stereocenters. The van der Waals surface area contributed by atoms with Crippen molar-refractivity contribution in [1.29, 1.82) is 0 Å². The first-order chi connectivity index (χ1) is 9.33. The van der Waals surface area contributed by atoms with Gasteiger partial charge in [0.15, 0.2) is 17.6 Å². The van der Waals surface area contributed by atoms with Crippen molar-refractivity contribution in [3.63, 3.8) is 0 Å². The summed E-state index contributed by atoms with van der Waals surface area (Å²) in [7, 11) is 0. The largest absolute Gasteiger partial charge is 0.443 e. The van der Waals surface area contributed by atoms with E-state index in [1.54, 1.807) is 6.20 Å². The van der Waals surface area contributed by atoms with Crippen LogP contribution in [0.3, 0.4) is 0 Å². The highest BCUT2D eigenvalue weighted by molar-refractivity contribution is 5.75. The van der Waals surface area contributed by atoms with Gasteiger partial charge in [0.1, 0.15) is 5.52 Å². The van der Waals surface area contributed by atoms with Gasteiger partial charge in [-0.15, -0.1) is 0 Å². The fourth-order valence-corrected chi connectivity index (χ4v) is 1.77. The van der Waals surface area contributed by atoms with Crippen LogP contribution in [0.5, 0.6) is 0 Å². The Bertz CT molecular complexity index is 772. The van der Waals surface area contributed by atoms with Crippen molar-refractivity contribution in [1.82, 2.24) is 10.1 Å². The van der Waals surface area contributed by atoms with Crippen molar-refractivity contribution in [2.75, 3.05) is 0 Å². The molecule has 0 radical (unpaired) electrons. The highest BCUT2D eigenvalue weighted by atomic mass is 16.5. The number of nitrogens with zero attached hydrogens (tertiary/aromatic N) is 2. The summed E-state index contributed by atoms with van der Waals surface area (Å²) in [5, 5.41) is 4.68. The molecule has 4 aromatic rings. The van der Waals surface area contributed by atoms with Crippen LogP contribution in [0.15, 0.2) is 64.0 Å². The Balaban J connectivity index is 0.000000117. The lowest BCUT2D eigenvalue weighted by Crippen LogP contribution is -1.69. The van der Waals surface area contributed by atoms with E-state index in [1.165, 1.54) is 12.0 Å². The van der Waals surface area contributed by atoms with Crippen molar-refractivity contribution in [2.45, 2.75) is 6.92 Å². The highest BCUT2D eigenvalue weighted by Crippen LogP contribution is 2.12. The lowest BCUT2D eigenvalue weighted by atomic mass is 10.2. The molecule has 2 aromatic carbocycles. The molecule has 0 aliphatic carbocycles. The number of para-hydroxylation sites is 1. The van der Waals surface area contributed by atoms with Crippen molar-refractivity contribution in [3.8, 4) is 0 Å². The van der Waals surface area contributed by atoms with Crippen LogP contribution in [0.25, 0.3) is 22.1 Å². The molecule has 2 heterocycles. The van der Waals surface area contributed by atoms with Gasteiger partial charge < -0.3 is 8.94 Å².